The molecule has 5 nitrogen and oxygen atoms in total. The number of hydrogen-bond donors (Lipinski definition) is 2. The Hall–Kier alpha value is -1.17. The lowest BCUT2D eigenvalue weighted by Crippen LogP contribution is -1.98. The predicted molar refractivity (Wildman–Crippen MR) is 49.9 cm³/mol. The number of nitrogens with two attached hydrogens (primary N) is 1. The molecule has 2 N–H and O–H groups in total. The number of aryl methyl sites for hydroxylation is 1. The molecule has 0 radical (unpaired) electrons. The number of rotatable bonds is 4. The Morgan fingerprint density at radius 1 is 1.31 bits per heavy atom. The van der Waals surface area contributed by atoms with Crippen LogP contribution in [0.15, 0.2) is 12.4 Å². The first kappa shape index (κ1) is 9.91. The van der Waals surface area contributed by atoms with E-state index in [1.807, 2.05) is 0 Å². The van der Waals surface area contributed by atoms with E-state index in [1.165, 1.54) is 6.20 Å². The van der Waals surface area contributed by atoms with Gasteiger partial charge in [0, 0.05) is 5.75 Å². The van der Waals surface area contributed by atoms with E-state index in [2.05, 4.69) is 9.97 Å². The van der Waals surface area contributed by atoms with E-state index in [0.29, 0.717) is 18.7 Å². The highest BCUT2D eigenvalue weighted by molar-refractivity contribution is 7.72. The fourth-order valence-electron chi connectivity index (χ4n) is 0.883. The summed E-state index contributed by atoms with van der Waals surface area (Å²) in [5.74, 6) is 0.570. The van der Waals surface area contributed by atoms with Gasteiger partial charge in [-0.2, -0.15) is 0 Å². The number of thiol groups is 1. The molecule has 0 bridgehead atoms. The zero-order valence-corrected chi connectivity index (χ0v) is 7.91. The molecule has 0 atom stereocenters. The maximum Gasteiger partial charge on any atom is 0.141 e. The second-order valence-electron chi connectivity index (χ2n) is 2.59. The lowest BCUT2D eigenvalue weighted by molar-refractivity contribution is 0.611. The van der Waals surface area contributed by atoms with Crippen LogP contribution in [0.3, 0.4) is 0 Å². The van der Waals surface area contributed by atoms with Crippen LogP contribution >= 0.6 is 0 Å². The van der Waals surface area contributed by atoms with Crippen molar-refractivity contribution in [2.75, 3.05) is 11.5 Å². The van der Waals surface area contributed by atoms with Gasteiger partial charge in [0.1, 0.15) is 16.5 Å². The van der Waals surface area contributed by atoms with E-state index < -0.39 is 10.7 Å². The van der Waals surface area contributed by atoms with Crippen LogP contribution in [0.25, 0.3) is 0 Å². The van der Waals surface area contributed by atoms with Crippen LogP contribution in [-0.2, 0) is 17.1 Å². The first-order valence-corrected chi connectivity index (χ1v) is 5.23. The zero-order chi connectivity index (χ0) is 9.68. The minimum absolute atomic E-state index is 0.196. The first-order valence-electron chi connectivity index (χ1n) is 3.86. The number of anilines is 1. The molecule has 13 heavy (non-hydrogen) atoms. The molecule has 1 rings (SSSR count). The minimum atomic E-state index is -2.28. The van der Waals surface area contributed by atoms with Crippen LogP contribution in [-0.4, -0.2) is 24.1 Å². The Morgan fingerprint density at radius 2 is 2.08 bits per heavy atom. The zero-order valence-electron chi connectivity index (χ0n) is 7.01. The number of hydrogen-bond acceptors (Lipinski definition) is 5. The molecule has 0 aliphatic carbocycles. The highest BCUT2D eigenvalue weighted by Crippen LogP contribution is 1.99. The van der Waals surface area contributed by atoms with Crippen molar-refractivity contribution in [3.8, 4) is 0 Å². The Bertz CT molecular complexity index is 326. The van der Waals surface area contributed by atoms with E-state index in [4.69, 9.17) is 5.73 Å². The van der Waals surface area contributed by atoms with Gasteiger partial charge in [0.2, 0.25) is 0 Å². The molecule has 1 heterocycles. The molecule has 0 aromatic carbocycles. The molecule has 1 aromatic heterocycles. The molecule has 1 aromatic rings. The van der Waals surface area contributed by atoms with Gasteiger partial charge in [-0.3, -0.25) is 4.98 Å². The van der Waals surface area contributed by atoms with Gasteiger partial charge in [0.05, 0.1) is 18.1 Å². The van der Waals surface area contributed by atoms with Crippen LogP contribution in [0, 0.1) is 0 Å². The molecule has 0 aliphatic rings. The predicted octanol–water partition coefficient (Wildman–Crippen LogP) is -0.397. The van der Waals surface area contributed by atoms with Gasteiger partial charge in [-0.25, -0.2) is 13.4 Å². The Balaban J connectivity index is 2.41. The molecule has 6 heteroatoms. The average molecular weight is 201 g/mol. The summed E-state index contributed by atoms with van der Waals surface area (Å²) in [4.78, 5) is 7.83. The van der Waals surface area contributed by atoms with Crippen molar-refractivity contribution in [3.63, 3.8) is 0 Å². The Labute approximate surface area is 78.0 Å². The van der Waals surface area contributed by atoms with Crippen LogP contribution in [0.2, 0.25) is 0 Å². The van der Waals surface area contributed by atoms with Gasteiger partial charge < -0.3 is 5.73 Å². The van der Waals surface area contributed by atoms with Crippen molar-refractivity contribution in [1.29, 1.82) is 0 Å². The first-order chi connectivity index (χ1) is 6.18. The monoisotopic (exact) mass is 201 g/mol. The number of aromatic nitrogens is 2. The number of nitrogens with zero attached hydrogens (tertiary/aromatic N) is 2. The van der Waals surface area contributed by atoms with E-state index in [-0.39, 0.29) is 5.75 Å². The van der Waals surface area contributed by atoms with Gasteiger partial charge in [0.25, 0.3) is 0 Å². The van der Waals surface area contributed by atoms with Crippen molar-refractivity contribution in [2.24, 2.45) is 0 Å². The minimum Gasteiger partial charge on any atom is -0.382 e. The van der Waals surface area contributed by atoms with Crippen molar-refractivity contribution >= 4 is 16.5 Å². The second kappa shape index (κ2) is 4.76. The van der Waals surface area contributed by atoms with E-state index in [1.54, 1.807) is 6.20 Å². The molecule has 0 saturated heterocycles. The van der Waals surface area contributed by atoms with Crippen LogP contribution < -0.4 is 5.73 Å². The Morgan fingerprint density at radius 3 is 2.62 bits per heavy atom. The maximum absolute atomic E-state index is 10.2. The fourth-order valence-corrected chi connectivity index (χ4v) is 1.30. The average Bonchev–Trinajstić information content (AvgIpc) is 2.08. The molecular weight excluding hydrogens is 190 g/mol. The molecule has 0 unspecified atom stereocenters. The van der Waals surface area contributed by atoms with Gasteiger partial charge in [-0.15, -0.1) is 0 Å². The van der Waals surface area contributed by atoms with E-state index in [9.17, 15) is 8.42 Å². The lowest BCUT2D eigenvalue weighted by Gasteiger charge is -1.97. The molecule has 0 aliphatic heterocycles. The van der Waals surface area contributed by atoms with Gasteiger partial charge in [-0.05, 0) is 12.8 Å². The lowest BCUT2D eigenvalue weighted by atomic mass is 10.3. The third-order valence-corrected chi connectivity index (χ3v) is 2.18. The van der Waals surface area contributed by atoms with Crippen LogP contribution in [0.5, 0.6) is 0 Å². The maximum atomic E-state index is 10.2. The highest BCUT2D eigenvalue weighted by atomic mass is 32.2. The summed E-state index contributed by atoms with van der Waals surface area (Å²) in [5, 5.41) is 0. The quantitative estimate of drug-likeness (QED) is 0.647. The van der Waals surface area contributed by atoms with Crippen LogP contribution in [0.4, 0.5) is 5.82 Å². The summed E-state index contributed by atoms with van der Waals surface area (Å²) < 4.78 is 20.4. The van der Waals surface area contributed by atoms with E-state index in [0.717, 1.165) is 5.69 Å². The normalized spacial score (nSPS) is 10.5. The number of nitrogen functional groups attached to an aromatic ring is 1. The third-order valence-electron chi connectivity index (χ3n) is 1.50. The largest absolute Gasteiger partial charge is 0.382 e. The second-order valence-corrected chi connectivity index (χ2v) is 3.71. The SMILES string of the molecule is Nc1cnc(CCC[SH](=O)=O)cn1. The highest BCUT2D eigenvalue weighted by Gasteiger charge is 1.96. The Kier molecular flexibility index (Phi) is 3.63. The van der Waals surface area contributed by atoms with Crippen LogP contribution in [0.1, 0.15) is 12.1 Å². The third kappa shape index (κ3) is 3.84. The van der Waals surface area contributed by atoms with Crippen molar-refractivity contribution in [1.82, 2.24) is 9.97 Å². The van der Waals surface area contributed by atoms with E-state index >= 15 is 0 Å². The van der Waals surface area contributed by atoms with Crippen molar-refractivity contribution < 1.29 is 8.42 Å². The summed E-state index contributed by atoms with van der Waals surface area (Å²) in [7, 11) is -2.28. The topological polar surface area (TPSA) is 85.9 Å². The fraction of sp³-hybridized carbons (Fsp3) is 0.429. The molecule has 0 saturated carbocycles. The molecule has 72 valence electrons. The van der Waals surface area contributed by atoms with Crippen molar-refractivity contribution in [2.45, 2.75) is 12.8 Å². The smallest absolute Gasteiger partial charge is 0.141 e. The summed E-state index contributed by atoms with van der Waals surface area (Å²) in [5.41, 5.74) is 6.10. The summed E-state index contributed by atoms with van der Waals surface area (Å²) in [6, 6.07) is 0. The standard InChI is InChI=1S/C7H11N3O2S/c8-7-5-9-6(4-10-7)2-1-3-13(11)12/h4-5,13H,1-3H2,(H2,8,10). The molecule has 0 amide bonds. The van der Waals surface area contributed by atoms with Crippen molar-refractivity contribution in [3.05, 3.63) is 18.1 Å². The summed E-state index contributed by atoms with van der Waals surface area (Å²) in [6.07, 6.45) is 4.23. The summed E-state index contributed by atoms with van der Waals surface area (Å²) >= 11 is 0. The van der Waals surface area contributed by atoms with Gasteiger partial charge >= 0.3 is 0 Å². The summed E-state index contributed by atoms with van der Waals surface area (Å²) in [6.45, 7) is 0. The van der Waals surface area contributed by atoms with Gasteiger partial charge in [-0.1, -0.05) is 0 Å². The molecule has 0 spiro atoms. The van der Waals surface area contributed by atoms with Gasteiger partial charge in [0.15, 0.2) is 0 Å². The molecule has 0 fully saturated rings. The molecular formula is C7H11N3O2S.